The Bertz CT molecular complexity index is 1160. The maximum Gasteiger partial charge on any atom is 0.417 e. The molecule has 1 heterocycles. The zero-order chi connectivity index (χ0) is 25.1. The first-order valence-corrected chi connectivity index (χ1v) is 11.1. The lowest BCUT2D eigenvalue weighted by molar-refractivity contribution is -0.138. The topological polar surface area (TPSA) is 103 Å². The van der Waals surface area contributed by atoms with E-state index in [4.69, 9.17) is 10.5 Å². The number of nitrogens with zero attached hydrogens (tertiary/aromatic N) is 4. The van der Waals surface area contributed by atoms with Crippen LogP contribution in [0.15, 0.2) is 40.9 Å². The van der Waals surface area contributed by atoms with Gasteiger partial charge >= 0.3 is 6.18 Å². The Balaban J connectivity index is 1.61. The molecule has 1 aliphatic heterocycles. The minimum absolute atomic E-state index is 0.00779. The third-order valence-corrected chi connectivity index (χ3v) is 6.19. The summed E-state index contributed by atoms with van der Waals surface area (Å²) in [4.78, 5) is 16.6. The van der Waals surface area contributed by atoms with Crippen LogP contribution in [0.2, 0.25) is 0 Å². The molecule has 1 unspecified atom stereocenters. The number of nitrogens with one attached hydrogen (secondary N) is 1. The molecule has 1 saturated heterocycles. The second kappa shape index (κ2) is 10.0. The molecule has 178 valence electrons. The Kier molecular flexibility index (Phi) is 7.51. The Morgan fingerprint density at radius 3 is 2.26 bits per heavy atom. The van der Waals surface area contributed by atoms with Crippen molar-refractivity contribution < 1.29 is 23.1 Å². The van der Waals surface area contributed by atoms with E-state index in [-0.39, 0.29) is 12.2 Å². The van der Waals surface area contributed by atoms with Gasteiger partial charge in [0.2, 0.25) is 0 Å². The predicted molar refractivity (Wildman–Crippen MR) is 123 cm³/mol. The molecule has 0 spiro atoms. The Morgan fingerprint density at radius 2 is 1.71 bits per heavy atom. The third-order valence-electron chi connectivity index (χ3n) is 5.53. The molecule has 1 aliphatic rings. The molecule has 0 bridgehead atoms. The Morgan fingerprint density at radius 1 is 1.09 bits per heavy atom. The van der Waals surface area contributed by atoms with Gasteiger partial charge in [-0.3, -0.25) is 9.69 Å². The number of carbonyl (C=O) groups excluding carboxylic acids is 1. The van der Waals surface area contributed by atoms with Gasteiger partial charge in [0.15, 0.2) is 5.60 Å². The second-order valence-electron chi connectivity index (χ2n) is 8.14. The highest BCUT2D eigenvalue weighted by Crippen LogP contribution is 2.33. The van der Waals surface area contributed by atoms with E-state index < -0.39 is 28.8 Å². The summed E-state index contributed by atoms with van der Waals surface area (Å²) in [5.41, 5.74) is -2.24. The van der Waals surface area contributed by atoms with Crippen LogP contribution in [0.4, 0.5) is 24.5 Å². The van der Waals surface area contributed by atoms with Crippen molar-refractivity contribution in [3.8, 4) is 12.1 Å². The first-order chi connectivity index (χ1) is 15.9. The van der Waals surface area contributed by atoms with Gasteiger partial charge in [-0.1, -0.05) is 0 Å². The molecule has 0 radical (unpaired) electrons. The second-order valence-corrected chi connectivity index (χ2v) is 8.99. The van der Waals surface area contributed by atoms with E-state index in [1.807, 2.05) is 17.0 Å². The van der Waals surface area contributed by atoms with E-state index in [0.29, 0.717) is 42.3 Å². The highest BCUT2D eigenvalue weighted by Gasteiger charge is 2.36. The number of β-amino-alcohol motifs (C(OH)–C–C–N with tert-alkyl or cyclic N) is 1. The summed E-state index contributed by atoms with van der Waals surface area (Å²) in [6, 6.07) is 11.9. The summed E-state index contributed by atoms with van der Waals surface area (Å²) < 4.78 is 40.2. The van der Waals surface area contributed by atoms with Gasteiger partial charge in [-0.15, -0.1) is 0 Å². The number of rotatable bonds is 5. The fourth-order valence-corrected chi connectivity index (χ4v) is 4.14. The molecule has 1 fully saturated rings. The predicted octanol–water partition coefficient (Wildman–Crippen LogP) is 3.72. The number of alkyl halides is 3. The molecule has 34 heavy (non-hydrogen) atoms. The maximum absolute atomic E-state index is 13.2. The number of halogens is 4. The van der Waals surface area contributed by atoms with Crippen LogP contribution in [0.25, 0.3) is 0 Å². The molecule has 0 aromatic heterocycles. The molecule has 0 saturated carbocycles. The van der Waals surface area contributed by atoms with Crippen molar-refractivity contribution in [3.05, 3.63) is 57.6 Å². The van der Waals surface area contributed by atoms with E-state index in [1.165, 1.54) is 19.1 Å². The van der Waals surface area contributed by atoms with Crippen molar-refractivity contribution in [2.45, 2.75) is 18.7 Å². The first-order valence-electron chi connectivity index (χ1n) is 10.3. The van der Waals surface area contributed by atoms with Crippen LogP contribution in [0.5, 0.6) is 0 Å². The van der Waals surface area contributed by atoms with Gasteiger partial charge in [-0.25, -0.2) is 0 Å². The van der Waals surface area contributed by atoms with Crippen LogP contribution in [0.1, 0.15) is 23.6 Å². The Labute approximate surface area is 203 Å². The van der Waals surface area contributed by atoms with Gasteiger partial charge < -0.3 is 15.3 Å². The quantitative estimate of drug-likeness (QED) is 0.604. The number of hydrogen-bond acceptors (Lipinski definition) is 6. The summed E-state index contributed by atoms with van der Waals surface area (Å²) in [5.74, 6) is -0.844. The fourth-order valence-electron chi connectivity index (χ4n) is 3.68. The molecular formula is C23H21BrF3N5O2. The van der Waals surface area contributed by atoms with Crippen molar-refractivity contribution in [2.75, 3.05) is 42.9 Å². The van der Waals surface area contributed by atoms with E-state index in [1.54, 1.807) is 6.07 Å². The average molecular weight is 536 g/mol. The summed E-state index contributed by atoms with van der Waals surface area (Å²) in [6.45, 7) is 3.65. The van der Waals surface area contributed by atoms with Crippen molar-refractivity contribution in [1.82, 2.24) is 4.90 Å². The SMILES string of the molecule is CC(O)(CN1CCN(c2ccc(C#N)c(Br)c2)CC1)C(=O)Nc1ccc(C#N)c(C(F)(F)F)c1. The van der Waals surface area contributed by atoms with Gasteiger partial charge in [-0.05, 0) is 59.3 Å². The molecule has 2 aromatic rings. The standard InChI is InChI=1S/C23H21BrF3N5O2/c1-22(34,21(33)30-17-4-2-15(12-28)19(10-17)23(25,26)27)14-31-6-8-32(9-7-31)18-5-3-16(13-29)20(24)11-18/h2-5,10-11,34H,6-9,14H2,1H3,(H,30,33). The van der Waals surface area contributed by atoms with E-state index in [0.717, 1.165) is 11.8 Å². The molecule has 1 amide bonds. The normalized spacial score (nSPS) is 16.3. The molecule has 0 aliphatic carbocycles. The van der Waals surface area contributed by atoms with Crippen LogP contribution in [-0.4, -0.2) is 54.2 Å². The lowest BCUT2D eigenvalue weighted by Crippen LogP contribution is -2.54. The number of piperazine rings is 1. The van der Waals surface area contributed by atoms with Crippen molar-refractivity contribution in [2.24, 2.45) is 0 Å². The van der Waals surface area contributed by atoms with Crippen LogP contribution in [0, 0.1) is 22.7 Å². The highest BCUT2D eigenvalue weighted by molar-refractivity contribution is 9.10. The molecule has 7 nitrogen and oxygen atoms in total. The minimum Gasteiger partial charge on any atom is -0.379 e. The highest BCUT2D eigenvalue weighted by atomic mass is 79.9. The summed E-state index contributed by atoms with van der Waals surface area (Å²) in [7, 11) is 0. The van der Waals surface area contributed by atoms with Crippen LogP contribution in [0.3, 0.4) is 0 Å². The summed E-state index contributed by atoms with van der Waals surface area (Å²) >= 11 is 3.38. The average Bonchev–Trinajstić information content (AvgIpc) is 2.78. The maximum atomic E-state index is 13.2. The van der Waals surface area contributed by atoms with E-state index in [9.17, 15) is 23.1 Å². The number of aliphatic hydroxyl groups is 1. The number of amides is 1. The molecule has 11 heteroatoms. The van der Waals surface area contributed by atoms with Crippen LogP contribution >= 0.6 is 15.9 Å². The largest absolute Gasteiger partial charge is 0.417 e. The van der Waals surface area contributed by atoms with Gasteiger partial charge in [0.25, 0.3) is 5.91 Å². The fraction of sp³-hybridized carbons (Fsp3) is 0.348. The number of hydrogen-bond donors (Lipinski definition) is 2. The lowest BCUT2D eigenvalue weighted by atomic mass is 10.0. The van der Waals surface area contributed by atoms with E-state index >= 15 is 0 Å². The van der Waals surface area contributed by atoms with Gasteiger partial charge in [0.1, 0.15) is 6.07 Å². The van der Waals surface area contributed by atoms with Gasteiger partial charge in [0, 0.05) is 48.6 Å². The van der Waals surface area contributed by atoms with Gasteiger partial charge in [-0.2, -0.15) is 23.7 Å². The monoisotopic (exact) mass is 535 g/mol. The first kappa shape index (κ1) is 25.5. The van der Waals surface area contributed by atoms with E-state index in [2.05, 4.69) is 32.2 Å². The number of anilines is 2. The van der Waals surface area contributed by atoms with Crippen molar-refractivity contribution >= 4 is 33.2 Å². The zero-order valence-corrected chi connectivity index (χ0v) is 19.7. The molecule has 2 aromatic carbocycles. The number of benzene rings is 2. The van der Waals surface area contributed by atoms with Crippen LogP contribution < -0.4 is 10.2 Å². The number of nitriles is 2. The zero-order valence-electron chi connectivity index (χ0n) is 18.2. The summed E-state index contributed by atoms with van der Waals surface area (Å²) in [5, 5.41) is 31.0. The molecule has 2 N–H and O–H groups in total. The lowest BCUT2D eigenvalue weighted by Gasteiger charge is -2.38. The third kappa shape index (κ3) is 5.86. The Hall–Kier alpha value is -3.12. The smallest absolute Gasteiger partial charge is 0.379 e. The number of carbonyl (C=O) groups is 1. The summed E-state index contributed by atoms with van der Waals surface area (Å²) in [6.07, 6.45) is -4.75. The van der Waals surface area contributed by atoms with Crippen molar-refractivity contribution in [3.63, 3.8) is 0 Å². The molecule has 1 atom stereocenters. The van der Waals surface area contributed by atoms with Crippen molar-refractivity contribution in [1.29, 1.82) is 10.5 Å². The minimum atomic E-state index is -4.75. The molecular weight excluding hydrogens is 515 g/mol. The van der Waals surface area contributed by atoms with Crippen LogP contribution in [-0.2, 0) is 11.0 Å². The van der Waals surface area contributed by atoms with Gasteiger partial charge in [0.05, 0.1) is 22.8 Å². The molecule has 3 rings (SSSR count).